The van der Waals surface area contributed by atoms with Crippen LogP contribution < -0.4 is 4.74 Å². The minimum atomic E-state index is 0.413. The number of hydrogen-bond donors (Lipinski definition) is 0. The van der Waals surface area contributed by atoms with Gasteiger partial charge in [0.15, 0.2) is 0 Å². The van der Waals surface area contributed by atoms with Gasteiger partial charge in [0.2, 0.25) is 0 Å². The van der Waals surface area contributed by atoms with Gasteiger partial charge in [0.05, 0.1) is 12.5 Å². The van der Waals surface area contributed by atoms with Gasteiger partial charge in [-0.2, -0.15) is 5.26 Å². The van der Waals surface area contributed by atoms with Crippen LogP contribution in [0.5, 0.6) is 5.75 Å². The molecule has 0 aliphatic rings. The molecule has 3 nitrogen and oxygen atoms in total. The Hall–Kier alpha value is -1.38. The molecule has 0 unspecified atom stereocenters. The van der Waals surface area contributed by atoms with Crippen LogP contribution >= 0.6 is 27.3 Å². The van der Waals surface area contributed by atoms with E-state index in [1.54, 1.807) is 6.20 Å². The molecule has 17 heavy (non-hydrogen) atoms. The number of rotatable bonds is 4. The maximum absolute atomic E-state index is 8.56. The summed E-state index contributed by atoms with van der Waals surface area (Å²) in [4.78, 5) is 5.17. The largest absolute Gasteiger partial charge is 0.486 e. The molecule has 0 fully saturated rings. The average Bonchev–Trinajstić information content (AvgIpc) is 2.77. The van der Waals surface area contributed by atoms with Crippen molar-refractivity contribution in [2.45, 2.75) is 13.0 Å². The van der Waals surface area contributed by atoms with Crippen LogP contribution in [0.1, 0.15) is 9.88 Å². The minimum absolute atomic E-state index is 0.413. The summed E-state index contributed by atoms with van der Waals surface area (Å²) >= 11 is 4.88. The predicted molar refractivity (Wildman–Crippen MR) is 69.9 cm³/mol. The van der Waals surface area contributed by atoms with Gasteiger partial charge in [-0.3, -0.25) is 0 Å². The van der Waals surface area contributed by atoms with Gasteiger partial charge in [-0.25, -0.2) is 4.98 Å². The summed E-state index contributed by atoms with van der Waals surface area (Å²) in [6.45, 7) is 0.442. The number of hydrogen-bond acceptors (Lipinski definition) is 4. The molecule has 0 N–H and O–H groups in total. The van der Waals surface area contributed by atoms with E-state index in [0.717, 1.165) is 20.1 Å². The Morgan fingerprint density at radius 1 is 1.35 bits per heavy atom. The molecule has 5 heteroatoms. The molecule has 0 spiro atoms. The Bertz CT molecular complexity index is 530. The summed E-state index contributed by atoms with van der Waals surface area (Å²) in [5, 5.41) is 9.44. The second-order valence-corrected chi connectivity index (χ2v) is 5.41. The maximum Gasteiger partial charge on any atom is 0.140 e. The first-order valence-corrected chi connectivity index (χ1v) is 6.58. The normalized spacial score (nSPS) is 9.88. The van der Waals surface area contributed by atoms with Crippen molar-refractivity contribution in [2.75, 3.05) is 0 Å². The van der Waals surface area contributed by atoms with E-state index in [9.17, 15) is 0 Å². The monoisotopic (exact) mass is 308 g/mol. The number of aromatic nitrogens is 1. The lowest BCUT2D eigenvalue weighted by atomic mass is 10.3. The van der Waals surface area contributed by atoms with Crippen LogP contribution in [0, 0.1) is 11.3 Å². The highest BCUT2D eigenvalue weighted by Crippen LogP contribution is 2.19. The van der Waals surface area contributed by atoms with E-state index < -0.39 is 0 Å². The van der Waals surface area contributed by atoms with E-state index >= 15 is 0 Å². The summed E-state index contributed by atoms with van der Waals surface area (Å²) < 4.78 is 6.61. The first-order chi connectivity index (χ1) is 8.28. The van der Waals surface area contributed by atoms with Crippen molar-refractivity contribution in [3.05, 3.63) is 44.8 Å². The molecule has 0 bridgehead atoms. The maximum atomic E-state index is 8.56. The Kier molecular flexibility index (Phi) is 4.13. The highest BCUT2D eigenvalue weighted by molar-refractivity contribution is 9.10. The zero-order chi connectivity index (χ0) is 12.1. The van der Waals surface area contributed by atoms with E-state index in [1.807, 2.05) is 24.3 Å². The minimum Gasteiger partial charge on any atom is -0.486 e. The van der Waals surface area contributed by atoms with Gasteiger partial charge < -0.3 is 4.74 Å². The van der Waals surface area contributed by atoms with Gasteiger partial charge in [-0.15, -0.1) is 11.3 Å². The second-order valence-electron chi connectivity index (χ2n) is 3.30. The van der Waals surface area contributed by atoms with Crippen LogP contribution in [0.15, 0.2) is 34.9 Å². The third-order valence-corrected chi connectivity index (χ3v) is 3.53. The summed E-state index contributed by atoms with van der Waals surface area (Å²) in [5.41, 5.74) is 0. The Morgan fingerprint density at radius 3 is 2.82 bits per heavy atom. The predicted octanol–water partition coefficient (Wildman–Crippen LogP) is 3.55. The van der Waals surface area contributed by atoms with Crippen LogP contribution in [0.25, 0.3) is 0 Å². The summed E-state index contributed by atoms with van der Waals surface area (Å²) in [7, 11) is 0. The third kappa shape index (κ3) is 3.55. The highest BCUT2D eigenvalue weighted by atomic mass is 79.9. The van der Waals surface area contributed by atoms with E-state index in [2.05, 4.69) is 27.0 Å². The fourth-order valence-corrected chi connectivity index (χ4v) is 2.28. The molecule has 0 atom stereocenters. The lowest BCUT2D eigenvalue weighted by molar-refractivity contribution is 0.305. The van der Waals surface area contributed by atoms with Crippen molar-refractivity contribution in [3.8, 4) is 11.8 Å². The summed E-state index contributed by atoms with van der Waals surface area (Å²) in [6, 6.07) is 9.75. The molecule has 0 saturated heterocycles. The van der Waals surface area contributed by atoms with Crippen LogP contribution in [-0.2, 0) is 13.0 Å². The Balaban J connectivity index is 1.93. The molecular weight excluding hydrogens is 300 g/mol. The molecule has 0 radical (unpaired) electrons. The molecular formula is C12H9BrN2OS. The summed E-state index contributed by atoms with van der Waals surface area (Å²) in [6.07, 6.45) is 2.14. The van der Waals surface area contributed by atoms with E-state index in [4.69, 9.17) is 10.00 Å². The fraction of sp³-hybridized carbons (Fsp3) is 0.167. The van der Waals surface area contributed by atoms with E-state index in [1.165, 1.54) is 11.3 Å². The SMILES string of the molecule is N#CCc1cnc(COc2ccc(Br)cc2)s1. The molecule has 1 heterocycles. The second kappa shape index (κ2) is 5.80. The molecule has 1 aromatic carbocycles. The number of nitriles is 1. The van der Waals surface area contributed by atoms with E-state index in [0.29, 0.717) is 13.0 Å². The average molecular weight is 309 g/mol. The van der Waals surface area contributed by atoms with E-state index in [-0.39, 0.29) is 0 Å². The fourth-order valence-electron chi connectivity index (χ4n) is 1.25. The molecule has 0 aliphatic carbocycles. The van der Waals surface area contributed by atoms with Crippen LogP contribution in [0.3, 0.4) is 0 Å². The van der Waals surface area contributed by atoms with Crippen LogP contribution in [0.2, 0.25) is 0 Å². The zero-order valence-corrected chi connectivity index (χ0v) is 11.3. The quantitative estimate of drug-likeness (QED) is 0.867. The Morgan fingerprint density at radius 2 is 2.12 bits per heavy atom. The van der Waals surface area contributed by atoms with Gasteiger partial charge in [0, 0.05) is 15.5 Å². The standard InChI is InChI=1S/C12H9BrN2OS/c13-9-1-3-10(4-2-9)16-8-12-15-7-11(17-12)5-6-14/h1-4,7H,5,8H2. The number of nitrogens with zero attached hydrogens (tertiary/aromatic N) is 2. The summed E-state index contributed by atoms with van der Waals surface area (Å²) in [5.74, 6) is 0.810. The number of benzene rings is 1. The molecule has 0 aliphatic heterocycles. The van der Waals surface area contributed by atoms with Crippen molar-refractivity contribution < 1.29 is 4.74 Å². The van der Waals surface area contributed by atoms with Crippen LogP contribution in [-0.4, -0.2) is 4.98 Å². The van der Waals surface area contributed by atoms with Crippen molar-refractivity contribution in [1.82, 2.24) is 4.98 Å². The molecule has 86 valence electrons. The van der Waals surface area contributed by atoms with Crippen molar-refractivity contribution in [2.24, 2.45) is 0 Å². The topological polar surface area (TPSA) is 45.9 Å². The lowest BCUT2D eigenvalue weighted by Gasteiger charge is -2.03. The molecule has 1 aromatic heterocycles. The number of halogens is 1. The van der Waals surface area contributed by atoms with Crippen molar-refractivity contribution in [1.29, 1.82) is 5.26 Å². The zero-order valence-electron chi connectivity index (χ0n) is 8.89. The number of thiazole rings is 1. The Labute approximate surface area is 112 Å². The molecule has 0 saturated carbocycles. The van der Waals surface area contributed by atoms with Gasteiger partial charge in [-0.05, 0) is 24.3 Å². The van der Waals surface area contributed by atoms with Crippen molar-refractivity contribution in [3.63, 3.8) is 0 Å². The highest BCUT2D eigenvalue weighted by Gasteiger charge is 2.02. The van der Waals surface area contributed by atoms with Gasteiger partial charge in [0.25, 0.3) is 0 Å². The lowest BCUT2D eigenvalue weighted by Crippen LogP contribution is -1.93. The first kappa shape index (κ1) is 12.1. The first-order valence-electron chi connectivity index (χ1n) is 4.97. The third-order valence-electron chi connectivity index (χ3n) is 2.03. The van der Waals surface area contributed by atoms with Gasteiger partial charge in [-0.1, -0.05) is 15.9 Å². The molecule has 2 rings (SSSR count). The smallest absolute Gasteiger partial charge is 0.140 e. The molecule has 0 amide bonds. The molecule has 2 aromatic rings. The van der Waals surface area contributed by atoms with Crippen LogP contribution in [0.4, 0.5) is 0 Å². The van der Waals surface area contributed by atoms with Crippen molar-refractivity contribution >= 4 is 27.3 Å². The van der Waals surface area contributed by atoms with Gasteiger partial charge >= 0.3 is 0 Å². The number of ether oxygens (including phenoxy) is 1. The van der Waals surface area contributed by atoms with Gasteiger partial charge in [0.1, 0.15) is 17.4 Å².